The van der Waals surface area contributed by atoms with Crippen molar-refractivity contribution >= 4 is 33.8 Å². The fourth-order valence-electron chi connectivity index (χ4n) is 2.29. The molecule has 20 heavy (non-hydrogen) atoms. The maximum atomic E-state index is 11.5. The Morgan fingerprint density at radius 2 is 2.05 bits per heavy atom. The van der Waals surface area contributed by atoms with E-state index >= 15 is 0 Å². The zero-order valence-electron chi connectivity index (χ0n) is 11.4. The Labute approximate surface area is 121 Å². The minimum Gasteiger partial charge on any atom is -0.465 e. The summed E-state index contributed by atoms with van der Waals surface area (Å²) in [6, 6.07) is 8.21. The largest absolute Gasteiger partial charge is 0.465 e. The van der Waals surface area contributed by atoms with Crippen molar-refractivity contribution in [2.24, 2.45) is 0 Å². The number of fused-ring (bicyclic) bond motifs is 1. The second kappa shape index (κ2) is 5.13. The molecule has 5 nitrogen and oxygen atoms in total. The van der Waals surface area contributed by atoms with E-state index in [-0.39, 0.29) is 5.97 Å². The molecular weight excluding hydrogens is 274 g/mol. The van der Waals surface area contributed by atoms with E-state index in [2.05, 4.69) is 34.0 Å². The molecule has 1 aromatic carbocycles. The van der Waals surface area contributed by atoms with Crippen LogP contribution in [-0.2, 0) is 4.74 Å². The predicted molar refractivity (Wildman–Crippen MR) is 80.2 cm³/mol. The summed E-state index contributed by atoms with van der Waals surface area (Å²) in [5.74, 6) is -0.337. The van der Waals surface area contributed by atoms with Crippen molar-refractivity contribution in [3.63, 3.8) is 0 Å². The Hall–Kier alpha value is -2.08. The molecule has 1 aromatic heterocycles. The Morgan fingerprint density at radius 3 is 2.80 bits per heavy atom. The average molecular weight is 289 g/mol. The van der Waals surface area contributed by atoms with Gasteiger partial charge < -0.3 is 14.5 Å². The van der Waals surface area contributed by atoms with Gasteiger partial charge in [-0.3, -0.25) is 0 Å². The van der Waals surface area contributed by atoms with Crippen LogP contribution in [0.15, 0.2) is 30.5 Å². The quantitative estimate of drug-likeness (QED) is 0.795. The van der Waals surface area contributed by atoms with Gasteiger partial charge in [-0.15, -0.1) is 0 Å². The van der Waals surface area contributed by atoms with E-state index in [1.807, 2.05) is 12.1 Å². The van der Waals surface area contributed by atoms with Gasteiger partial charge in [0.2, 0.25) is 0 Å². The summed E-state index contributed by atoms with van der Waals surface area (Å²) in [6.07, 6.45) is 1.58. The Morgan fingerprint density at radius 1 is 1.30 bits per heavy atom. The van der Waals surface area contributed by atoms with Crippen molar-refractivity contribution in [2.75, 3.05) is 37.0 Å². The highest BCUT2D eigenvalue weighted by atomic mass is 32.1. The number of hydrogen-bond acceptors (Lipinski definition) is 6. The second-order valence-corrected chi connectivity index (χ2v) is 5.57. The smallest absolute Gasteiger partial charge is 0.349 e. The first-order valence-electron chi connectivity index (χ1n) is 6.32. The fraction of sp³-hybridized carbons (Fsp3) is 0.286. The Bertz CT molecular complexity index is 641. The number of carbonyl (C=O) groups excluding carboxylic acids is 1. The summed E-state index contributed by atoms with van der Waals surface area (Å²) >= 11 is 1.36. The van der Waals surface area contributed by atoms with E-state index in [9.17, 15) is 4.79 Å². The third kappa shape index (κ3) is 2.12. The van der Waals surface area contributed by atoms with Crippen molar-refractivity contribution in [1.29, 1.82) is 0 Å². The number of hydrogen-bond donors (Lipinski definition) is 0. The van der Waals surface area contributed by atoms with E-state index in [0.29, 0.717) is 4.88 Å². The summed E-state index contributed by atoms with van der Waals surface area (Å²) in [5, 5.41) is 0.825. The lowest BCUT2D eigenvalue weighted by Gasteiger charge is -2.35. The number of benzene rings is 1. The Balaban J connectivity index is 1.97. The van der Waals surface area contributed by atoms with E-state index in [1.54, 1.807) is 6.20 Å². The molecule has 0 aliphatic carbocycles. The number of ether oxygens (including phenoxy) is 1. The number of esters is 1. The van der Waals surface area contributed by atoms with Crippen LogP contribution < -0.4 is 9.80 Å². The molecule has 0 unspecified atom stereocenters. The summed E-state index contributed by atoms with van der Waals surface area (Å²) in [4.78, 5) is 20.8. The van der Waals surface area contributed by atoms with Gasteiger partial charge in [0.15, 0.2) is 5.13 Å². The van der Waals surface area contributed by atoms with Gasteiger partial charge in [-0.25, -0.2) is 9.78 Å². The molecule has 0 bridgehead atoms. The van der Waals surface area contributed by atoms with Crippen LogP contribution in [0.2, 0.25) is 0 Å². The molecule has 2 aromatic rings. The zero-order valence-corrected chi connectivity index (χ0v) is 12.2. The number of nitrogens with zero attached hydrogens (tertiary/aromatic N) is 3. The Kier molecular flexibility index (Phi) is 3.31. The molecule has 0 amide bonds. The van der Waals surface area contributed by atoms with Gasteiger partial charge in [0.25, 0.3) is 0 Å². The molecule has 0 saturated carbocycles. The average Bonchev–Trinajstić information content (AvgIpc) is 2.97. The molecule has 0 fully saturated rings. The van der Waals surface area contributed by atoms with Gasteiger partial charge in [-0.1, -0.05) is 23.5 Å². The summed E-state index contributed by atoms with van der Waals surface area (Å²) < 4.78 is 4.73. The normalized spacial score (nSPS) is 14.1. The number of para-hydroxylation sites is 2. The highest BCUT2D eigenvalue weighted by molar-refractivity contribution is 7.17. The second-order valence-electron chi connectivity index (χ2n) is 4.56. The van der Waals surface area contributed by atoms with Crippen LogP contribution in [0.5, 0.6) is 0 Å². The first-order valence-corrected chi connectivity index (χ1v) is 7.14. The molecule has 0 N–H and O–H groups in total. The van der Waals surface area contributed by atoms with Crippen LogP contribution in [0.3, 0.4) is 0 Å². The van der Waals surface area contributed by atoms with E-state index in [4.69, 9.17) is 4.74 Å². The van der Waals surface area contributed by atoms with Crippen molar-refractivity contribution in [1.82, 2.24) is 4.98 Å². The zero-order chi connectivity index (χ0) is 14.1. The van der Waals surface area contributed by atoms with E-state index in [0.717, 1.165) is 23.9 Å². The van der Waals surface area contributed by atoms with Gasteiger partial charge in [0.1, 0.15) is 4.88 Å². The maximum Gasteiger partial charge on any atom is 0.349 e. The van der Waals surface area contributed by atoms with Crippen molar-refractivity contribution in [2.45, 2.75) is 0 Å². The number of methoxy groups -OCH3 is 1. The monoisotopic (exact) mass is 289 g/mol. The molecule has 1 aliphatic heterocycles. The maximum absolute atomic E-state index is 11.5. The van der Waals surface area contributed by atoms with Gasteiger partial charge in [0, 0.05) is 20.1 Å². The van der Waals surface area contributed by atoms with Crippen LogP contribution in [0.1, 0.15) is 9.67 Å². The lowest BCUT2D eigenvalue weighted by Crippen LogP contribution is -2.36. The van der Waals surface area contributed by atoms with Gasteiger partial charge >= 0.3 is 5.97 Å². The molecule has 0 saturated heterocycles. The lowest BCUT2D eigenvalue weighted by atomic mass is 10.2. The molecule has 2 heterocycles. The first-order chi connectivity index (χ1) is 9.70. The van der Waals surface area contributed by atoms with Gasteiger partial charge in [0.05, 0.1) is 24.7 Å². The number of carbonyl (C=O) groups is 1. The fourth-order valence-corrected chi connectivity index (χ4v) is 3.16. The molecule has 104 valence electrons. The number of rotatable bonds is 2. The topological polar surface area (TPSA) is 45.7 Å². The molecule has 1 aliphatic rings. The van der Waals surface area contributed by atoms with E-state index in [1.165, 1.54) is 24.1 Å². The van der Waals surface area contributed by atoms with Crippen molar-refractivity contribution in [3.05, 3.63) is 35.3 Å². The van der Waals surface area contributed by atoms with Gasteiger partial charge in [-0.05, 0) is 12.1 Å². The molecule has 0 atom stereocenters. The third-order valence-electron chi connectivity index (χ3n) is 3.35. The number of likely N-dealkylation sites (N-methyl/N-ethyl adjacent to an activating group) is 1. The van der Waals surface area contributed by atoms with Crippen LogP contribution in [0, 0.1) is 0 Å². The first kappa shape index (κ1) is 12.9. The van der Waals surface area contributed by atoms with Crippen molar-refractivity contribution in [3.8, 4) is 0 Å². The van der Waals surface area contributed by atoms with Gasteiger partial charge in [-0.2, -0.15) is 0 Å². The van der Waals surface area contributed by atoms with Crippen LogP contribution in [0.4, 0.5) is 16.5 Å². The minimum atomic E-state index is -0.337. The van der Waals surface area contributed by atoms with Crippen molar-refractivity contribution < 1.29 is 9.53 Å². The molecule has 6 heteroatoms. The predicted octanol–water partition coefficient (Wildman–Crippen LogP) is 2.52. The highest BCUT2D eigenvalue weighted by Crippen LogP contribution is 2.38. The SMILES string of the molecule is COC(=O)c1cnc(N2CCN(C)c3ccccc32)s1. The summed E-state index contributed by atoms with van der Waals surface area (Å²) in [7, 11) is 3.46. The summed E-state index contributed by atoms with van der Waals surface area (Å²) in [5.41, 5.74) is 2.29. The molecule has 0 spiro atoms. The third-order valence-corrected chi connectivity index (χ3v) is 4.35. The highest BCUT2D eigenvalue weighted by Gasteiger charge is 2.24. The molecular formula is C14H15N3O2S. The number of aromatic nitrogens is 1. The molecule has 0 radical (unpaired) electrons. The molecule has 3 rings (SSSR count). The lowest BCUT2D eigenvalue weighted by molar-refractivity contribution is 0.0606. The standard InChI is InChI=1S/C14H15N3O2S/c1-16-7-8-17(11-6-4-3-5-10(11)16)14-15-9-12(20-14)13(18)19-2/h3-6,9H,7-8H2,1-2H3. The minimum absolute atomic E-state index is 0.337. The van der Waals surface area contributed by atoms with Crippen LogP contribution in [-0.4, -0.2) is 38.2 Å². The van der Waals surface area contributed by atoms with E-state index < -0.39 is 0 Å². The van der Waals surface area contributed by atoms with Crippen LogP contribution in [0.25, 0.3) is 0 Å². The number of thiazole rings is 1. The van der Waals surface area contributed by atoms with Crippen LogP contribution >= 0.6 is 11.3 Å². The summed E-state index contributed by atoms with van der Waals surface area (Å²) in [6.45, 7) is 1.77. The number of anilines is 3.